The highest BCUT2D eigenvalue weighted by Gasteiger charge is 2.35. The van der Waals surface area contributed by atoms with Gasteiger partial charge in [-0.1, -0.05) is 24.2 Å². The lowest BCUT2D eigenvalue weighted by Crippen LogP contribution is -2.50. The number of nitrogens with zero attached hydrogens (tertiary/aromatic N) is 3. The van der Waals surface area contributed by atoms with E-state index in [0.717, 1.165) is 30.7 Å². The summed E-state index contributed by atoms with van der Waals surface area (Å²) in [5, 5.41) is 12.3. The van der Waals surface area contributed by atoms with E-state index in [4.69, 9.17) is 0 Å². The molecule has 6 heteroatoms. The highest BCUT2D eigenvalue weighted by atomic mass is 32.1. The van der Waals surface area contributed by atoms with Gasteiger partial charge in [0.1, 0.15) is 5.01 Å². The predicted octanol–water partition coefficient (Wildman–Crippen LogP) is 3.18. The maximum atomic E-state index is 12.5. The van der Waals surface area contributed by atoms with Gasteiger partial charge in [-0.05, 0) is 39.0 Å². The predicted molar refractivity (Wildman–Crippen MR) is 75.4 cm³/mol. The summed E-state index contributed by atoms with van der Waals surface area (Å²) < 4.78 is 0. The third kappa shape index (κ3) is 2.73. The molecule has 0 unspecified atom stereocenters. The van der Waals surface area contributed by atoms with Gasteiger partial charge in [-0.2, -0.15) is 0 Å². The molecule has 1 aromatic heterocycles. The number of urea groups is 1. The van der Waals surface area contributed by atoms with Gasteiger partial charge in [0.05, 0.1) is 0 Å². The van der Waals surface area contributed by atoms with E-state index in [9.17, 15) is 4.79 Å². The number of piperidine rings is 1. The molecule has 0 saturated carbocycles. The Morgan fingerprint density at radius 2 is 1.79 bits per heavy atom. The van der Waals surface area contributed by atoms with Gasteiger partial charge in [0.15, 0.2) is 0 Å². The molecule has 2 aliphatic rings. The monoisotopic (exact) mass is 280 g/mol. The van der Waals surface area contributed by atoms with Crippen LogP contribution in [0.1, 0.15) is 50.0 Å². The smallest absolute Gasteiger partial charge is 0.319 e. The number of carbonyl (C=O) groups excluding carboxylic acids is 1. The summed E-state index contributed by atoms with van der Waals surface area (Å²) in [7, 11) is 0. The number of anilines is 1. The van der Waals surface area contributed by atoms with E-state index in [1.165, 1.54) is 30.6 Å². The highest BCUT2D eigenvalue weighted by molar-refractivity contribution is 7.15. The molecule has 3 rings (SSSR count). The van der Waals surface area contributed by atoms with Crippen molar-refractivity contribution in [3.8, 4) is 0 Å². The number of aryl methyl sites for hydroxylation is 1. The minimum atomic E-state index is 0.0211. The van der Waals surface area contributed by atoms with Gasteiger partial charge >= 0.3 is 6.03 Å². The Kier molecular flexibility index (Phi) is 3.68. The SMILES string of the molecule is Cc1nnc(NC(=O)N2[C@H]3CCCC[C@H]2CCC3)s1. The van der Waals surface area contributed by atoms with Gasteiger partial charge in [0.2, 0.25) is 5.13 Å². The number of carbonyl (C=O) groups is 1. The second kappa shape index (κ2) is 5.45. The number of hydrogen-bond acceptors (Lipinski definition) is 4. The second-order valence-corrected chi connectivity index (χ2v) is 6.67. The van der Waals surface area contributed by atoms with Gasteiger partial charge < -0.3 is 4.90 Å². The fourth-order valence-corrected chi connectivity index (χ4v) is 3.91. The molecule has 2 atom stereocenters. The number of amides is 2. The zero-order valence-electron chi connectivity index (χ0n) is 11.3. The quantitative estimate of drug-likeness (QED) is 0.859. The molecule has 2 amide bonds. The van der Waals surface area contributed by atoms with Crippen LogP contribution in [0, 0.1) is 6.92 Å². The highest BCUT2D eigenvalue weighted by Crippen LogP contribution is 2.33. The van der Waals surface area contributed by atoms with Crippen molar-refractivity contribution < 1.29 is 4.79 Å². The largest absolute Gasteiger partial charge is 0.324 e. The summed E-state index contributed by atoms with van der Waals surface area (Å²) in [6.07, 6.45) is 8.37. The molecule has 3 heterocycles. The lowest BCUT2D eigenvalue weighted by molar-refractivity contribution is 0.119. The van der Waals surface area contributed by atoms with Gasteiger partial charge in [0, 0.05) is 12.1 Å². The standard InChI is InChI=1S/C13H20N4OS/c1-9-15-16-12(19-9)14-13(18)17-10-5-2-3-6-11(17)8-4-7-10/h10-11H,2-8H2,1H3,(H,14,16,18)/t10-,11-/m0/s1. The molecule has 1 N–H and O–H groups in total. The lowest BCUT2D eigenvalue weighted by atomic mass is 9.95. The van der Waals surface area contributed by atoms with Crippen LogP contribution in [0.4, 0.5) is 9.93 Å². The molecule has 104 valence electrons. The first-order valence-electron chi connectivity index (χ1n) is 7.13. The maximum absolute atomic E-state index is 12.5. The van der Waals surface area contributed by atoms with E-state index < -0.39 is 0 Å². The molecule has 0 aliphatic carbocycles. The van der Waals surface area contributed by atoms with Crippen molar-refractivity contribution in [2.24, 2.45) is 0 Å². The molecule has 19 heavy (non-hydrogen) atoms. The Bertz CT molecular complexity index is 447. The summed E-state index contributed by atoms with van der Waals surface area (Å²) >= 11 is 1.43. The number of hydrogen-bond donors (Lipinski definition) is 1. The molecule has 0 aromatic carbocycles. The van der Waals surface area contributed by atoms with E-state index in [2.05, 4.69) is 20.4 Å². The summed E-state index contributed by atoms with van der Waals surface area (Å²) in [5.74, 6) is 0. The Hall–Kier alpha value is -1.17. The van der Waals surface area contributed by atoms with Crippen molar-refractivity contribution >= 4 is 22.5 Å². The van der Waals surface area contributed by atoms with Gasteiger partial charge in [-0.15, -0.1) is 10.2 Å². The fraction of sp³-hybridized carbons (Fsp3) is 0.769. The number of aromatic nitrogens is 2. The molecule has 0 radical (unpaired) electrons. The molecule has 2 fully saturated rings. The van der Waals surface area contributed by atoms with Crippen molar-refractivity contribution in [2.45, 2.75) is 64.0 Å². The Balaban J connectivity index is 1.73. The van der Waals surface area contributed by atoms with Crippen molar-refractivity contribution in [1.29, 1.82) is 0 Å². The third-order valence-electron chi connectivity index (χ3n) is 4.16. The van der Waals surface area contributed by atoms with E-state index in [-0.39, 0.29) is 6.03 Å². The van der Waals surface area contributed by atoms with Crippen LogP contribution in [0.5, 0.6) is 0 Å². The van der Waals surface area contributed by atoms with E-state index in [0.29, 0.717) is 17.2 Å². The van der Waals surface area contributed by atoms with Crippen molar-refractivity contribution in [2.75, 3.05) is 5.32 Å². The lowest BCUT2D eigenvalue weighted by Gasteiger charge is -2.40. The van der Waals surface area contributed by atoms with Gasteiger partial charge in [-0.25, -0.2) is 4.79 Å². The molecule has 1 aromatic rings. The van der Waals surface area contributed by atoms with Crippen LogP contribution >= 0.6 is 11.3 Å². The first kappa shape index (κ1) is 12.8. The van der Waals surface area contributed by atoms with Crippen LogP contribution in [0.2, 0.25) is 0 Å². The van der Waals surface area contributed by atoms with E-state index in [1.54, 1.807) is 0 Å². The van der Waals surface area contributed by atoms with E-state index in [1.807, 2.05) is 6.92 Å². The molecule has 2 aliphatic heterocycles. The molecule has 5 nitrogen and oxygen atoms in total. The minimum Gasteiger partial charge on any atom is -0.319 e. The van der Waals surface area contributed by atoms with Crippen molar-refractivity contribution in [3.63, 3.8) is 0 Å². The average molecular weight is 280 g/mol. The Morgan fingerprint density at radius 3 is 2.37 bits per heavy atom. The molecule has 2 saturated heterocycles. The van der Waals surface area contributed by atoms with Crippen LogP contribution in [-0.2, 0) is 0 Å². The number of fused-ring (bicyclic) bond motifs is 2. The van der Waals surface area contributed by atoms with Crippen LogP contribution in [0.25, 0.3) is 0 Å². The minimum absolute atomic E-state index is 0.0211. The molecule has 2 bridgehead atoms. The first-order valence-corrected chi connectivity index (χ1v) is 7.95. The van der Waals surface area contributed by atoms with Crippen LogP contribution < -0.4 is 5.32 Å². The summed E-state index contributed by atoms with van der Waals surface area (Å²) in [5.41, 5.74) is 0. The molecule has 0 spiro atoms. The van der Waals surface area contributed by atoms with Crippen LogP contribution in [-0.4, -0.2) is 33.2 Å². The number of rotatable bonds is 1. The first-order chi connectivity index (χ1) is 9.24. The van der Waals surface area contributed by atoms with Gasteiger partial charge in [-0.3, -0.25) is 5.32 Å². The Labute approximate surface area is 117 Å². The molecular formula is C13H20N4OS. The summed E-state index contributed by atoms with van der Waals surface area (Å²) in [6, 6.07) is 0.873. The number of nitrogens with one attached hydrogen (secondary N) is 1. The van der Waals surface area contributed by atoms with Crippen LogP contribution in [0.3, 0.4) is 0 Å². The normalized spacial score (nSPS) is 26.9. The average Bonchev–Trinajstić information content (AvgIpc) is 2.74. The van der Waals surface area contributed by atoms with Crippen LogP contribution in [0.15, 0.2) is 0 Å². The second-order valence-electron chi connectivity index (χ2n) is 5.49. The maximum Gasteiger partial charge on any atom is 0.324 e. The van der Waals surface area contributed by atoms with Crippen molar-refractivity contribution in [1.82, 2.24) is 15.1 Å². The zero-order valence-corrected chi connectivity index (χ0v) is 12.1. The third-order valence-corrected chi connectivity index (χ3v) is 4.91. The van der Waals surface area contributed by atoms with Crippen molar-refractivity contribution in [3.05, 3.63) is 5.01 Å². The topological polar surface area (TPSA) is 58.1 Å². The fourth-order valence-electron chi connectivity index (χ4n) is 3.33. The Morgan fingerprint density at radius 1 is 1.16 bits per heavy atom. The van der Waals surface area contributed by atoms with E-state index >= 15 is 0 Å². The summed E-state index contributed by atoms with van der Waals surface area (Å²) in [4.78, 5) is 14.6. The molecular weight excluding hydrogens is 260 g/mol. The summed E-state index contributed by atoms with van der Waals surface area (Å²) in [6.45, 7) is 1.90. The van der Waals surface area contributed by atoms with Gasteiger partial charge in [0.25, 0.3) is 0 Å². The zero-order chi connectivity index (χ0) is 13.2.